The maximum atomic E-state index is 13.4. The molecule has 5 rings (SSSR count). The van der Waals surface area contributed by atoms with E-state index in [0.29, 0.717) is 12.2 Å². The van der Waals surface area contributed by atoms with E-state index in [1.807, 2.05) is 42.5 Å². The molecule has 3 heterocycles. The lowest BCUT2D eigenvalue weighted by Gasteiger charge is -2.33. The van der Waals surface area contributed by atoms with Crippen molar-refractivity contribution in [3.05, 3.63) is 65.4 Å². The molecule has 0 fully saturated rings. The number of para-hydroxylation sites is 2. The minimum absolute atomic E-state index is 0.228. The fourth-order valence-corrected chi connectivity index (χ4v) is 4.35. The predicted octanol–water partition coefficient (Wildman–Crippen LogP) is 2.45. The summed E-state index contributed by atoms with van der Waals surface area (Å²) < 4.78 is 0. The zero-order valence-corrected chi connectivity index (χ0v) is 13.8. The van der Waals surface area contributed by atoms with Crippen LogP contribution in [0.2, 0.25) is 0 Å². The van der Waals surface area contributed by atoms with Gasteiger partial charge in [0.25, 0.3) is 5.91 Å². The first-order valence-corrected chi connectivity index (χ1v) is 8.44. The number of fused-ring (bicyclic) bond motifs is 6. The van der Waals surface area contributed by atoms with Gasteiger partial charge in [-0.05, 0) is 24.1 Å². The summed E-state index contributed by atoms with van der Waals surface area (Å²) in [5.74, 6) is -0.493. The topological polar surface area (TPSA) is 65.2 Å². The molecule has 25 heavy (non-hydrogen) atoms. The van der Waals surface area contributed by atoms with Gasteiger partial charge >= 0.3 is 0 Å². The number of carbonyl (C=O) groups excluding carboxylic acids is 2. The van der Waals surface area contributed by atoms with E-state index >= 15 is 0 Å². The molecule has 5 heteroatoms. The van der Waals surface area contributed by atoms with E-state index in [1.165, 1.54) is 11.8 Å². The van der Waals surface area contributed by atoms with Crippen LogP contribution in [0.3, 0.4) is 0 Å². The van der Waals surface area contributed by atoms with E-state index in [-0.39, 0.29) is 11.8 Å². The van der Waals surface area contributed by atoms with Crippen molar-refractivity contribution in [2.24, 2.45) is 0 Å². The first-order chi connectivity index (χ1) is 12.1. The van der Waals surface area contributed by atoms with Gasteiger partial charge in [-0.25, -0.2) is 4.90 Å². The molecule has 124 valence electrons. The molecule has 0 saturated heterocycles. The van der Waals surface area contributed by atoms with Gasteiger partial charge in [-0.2, -0.15) is 0 Å². The fraction of sp³-hybridized carbons (Fsp3) is 0.200. The number of nitrogens with zero attached hydrogens (tertiary/aromatic N) is 1. The number of carbonyl (C=O) groups is 2. The van der Waals surface area contributed by atoms with E-state index in [1.54, 1.807) is 0 Å². The Labute approximate surface area is 144 Å². The highest BCUT2D eigenvalue weighted by Crippen LogP contribution is 2.47. The van der Waals surface area contributed by atoms with E-state index in [0.717, 1.165) is 34.1 Å². The molecule has 0 unspecified atom stereocenters. The van der Waals surface area contributed by atoms with Crippen LogP contribution in [0, 0.1) is 0 Å². The summed E-state index contributed by atoms with van der Waals surface area (Å²) in [5, 5.41) is 4.57. The number of aromatic nitrogens is 1. The van der Waals surface area contributed by atoms with Crippen LogP contribution in [0.1, 0.15) is 23.7 Å². The summed E-state index contributed by atoms with van der Waals surface area (Å²) in [6.45, 7) is 2.11. The van der Waals surface area contributed by atoms with Gasteiger partial charge in [0.2, 0.25) is 5.91 Å². The fourth-order valence-electron chi connectivity index (χ4n) is 4.35. The summed E-state index contributed by atoms with van der Waals surface area (Å²) in [7, 11) is 0. The largest absolute Gasteiger partial charge is 0.356 e. The maximum absolute atomic E-state index is 13.4. The number of benzene rings is 2. The molecule has 1 spiro atoms. The van der Waals surface area contributed by atoms with Gasteiger partial charge in [0.1, 0.15) is 0 Å². The van der Waals surface area contributed by atoms with Crippen molar-refractivity contribution in [1.29, 1.82) is 0 Å². The molecular formula is C20H17N3O2. The molecule has 1 aromatic heterocycles. The predicted molar refractivity (Wildman–Crippen MR) is 95.4 cm³/mol. The number of hydrogen-bond donors (Lipinski definition) is 2. The van der Waals surface area contributed by atoms with Gasteiger partial charge in [-0.3, -0.25) is 14.9 Å². The molecule has 5 nitrogen and oxygen atoms in total. The number of aromatic amines is 1. The number of anilines is 1. The Kier molecular flexibility index (Phi) is 2.77. The minimum Gasteiger partial charge on any atom is -0.356 e. The molecule has 0 saturated carbocycles. The molecular weight excluding hydrogens is 314 g/mol. The van der Waals surface area contributed by atoms with Crippen LogP contribution in [-0.4, -0.2) is 23.3 Å². The number of amides is 2. The second kappa shape index (κ2) is 4.80. The molecule has 2 aliphatic rings. The standard InChI is InChI=1S/C20H17N3O2/c1-12(24)23-17-9-5-3-7-15(17)20(19(23)25)18-14(10-11-21-20)13-6-2-4-8-16(13)22-18/h2-9,21-22H,10-11H2,1H3/t20-/m0/s1. The van der Waals surface area contributed by atoms with Gasteiger partial charge in [0, 0.05) is 29.9 Å². The highest BCUT2D eigenvalue weighted by molar-refractivity contribution is 6.23. The number of rotatable bonds is 0. The average Bonchev–Trinajstić information content (AvgIpc) is 3.11. The number of hydrogen-bond acceptors (Lipinski definition) is 3. The van der Waals surface area contributed by atoms with E-state index in [4.69, 9.17) is 0 Å². The Morgan fingerprint density at radius 2 is 1.88 bits per heavy atom. The highest BCUT2D eigenvalue weighted by Gasteiger charge is 2.56. The molecule has 0 aliphatic carbocycles. The molecule has 2 aliphatic heterocycles. The van der Waals surface area contributed by atoms with Crippen LogP contribution in [0.15, 0.2) is 48.5 Å². The monoisotopic (exact) mass is 331 g/mol. The first-order valence-electron chi connectivity index (χ1n) is 8.44. The molecule has 2 amide bonds. The van der Waals surface area contributed by atoms with Crippen LogP contribution in [0.5, 0.6) is 0 Å². The van der Waals surface area contributed by atoms with E-state index < -0.39 is 5.54 Å². The van der Waals surface area contributed by atoms with Crippen molar-refractivity contribution in [2.75, 3.05) is 11.4 Å². The second-order valence-corrected chi connectivity index (χ2v) is 6.63. The Morgan fingerprint density at radius 1 is 1.12 bits per heavy atom. The van der Waals surface area contributed by atoms with Crippen LogP contribution in [0.4, 0.5) is 5.69 Å². The van der Waals surface area contributed by atoms with Crippen molar-refractivity contribution < 1.29 is 9.59 Å². The molecule has 3 aromatic rings. The van der Waals surface area contributed by atoms with Crippen molar-refractivity contribution in [3.8, 4) is 0 Å². The zero-order valence-electron chi connectivity index (χ0n) is 13.8. The SMILES string of the molecule is CC(=O)N1C(=O)[C@]2(NCCc3c2[nH]c2ccccc32)c2ccccc21. The number of imide groups is 1. The summed E-state index contributed by atoms with van der Waals surface area (Å²) in [4.78, 5) is 30.4. The van der Waals surface area contributed by atoms with Crippen molar-refractivity contribution in [1.82, 2.24) is 10.3 Å². The van der Waals surface area contributed by atoms with E-state index in [2.05, 4.69) is 16.4 Å². The van der Waals surface area contributed by atoms with Gasteiger partial charge in [-0.15, -0.1) is 0 Å². The number of nitrogens with one attached hydrogen (secondary N) is 2. The lowest BCUT2D eigenvalue weighted by molar-refractivity contribution is -0.128. The van der Waals surface area contributed by atoms with Gasteiger partial charge < -0.3 is 4.98 Å². The lowest BCUT2D eigenvalue weighted by Crippen LogP contribution is -2.55. The van der Waals surface area contributed by atoms with Gasteiger partial charge in [-0.1, -0.05) is 36.4 Å². The summed E-state index contributed by atoms with van der Waals surface area (Å²) in [6, 6.07) is 15.6. The van der Waals surface area contributed by atoms with Crippen LogP contribution in [0.25, 0.3) is 10.9 Å². The Morgan fingerprint density at radius 3 is 2.72 bits per heavy atom. The molecule has 2 aromatic carbocycles. The molecule has 0 radical (unpaired) electrons. The second-order valence-electron chi connectivity index (χ2n) is 6.63. The molecule has 2 N–H and O–H groups in total. The van der Waals surface area contributed by atoms with Gasteiger partial charge in [0.15, 0.2) is 5.54 Å². The Hall–Kier alpha value is -2.92. The van der Waals surface area contributed by atoms with Crippen LogP contribution < -0.4 is 10.2 Å². The third-order valence-corrected chi connectivity index (χ3v) is 5.34. The summed E-state index contributed by atoms with van der Waals surface area (Å²) >= 11 is 0. The zero-order chi connectivity index (χ0) is 17.2. The van der Waals surface area contributed by atoms with Crippen LogP contribution >= 0.6 is 0 Å². The maximum Gasteiger partial charge on any atom is 0.264 e. The highest BCUT2D eigenvalue weighted by atomic mass is 16.2. The first kappa shape index (κ1) is 14.4. The summed E-state index contributed by atoms with van der Waals surface area (Å²) in [5.41, 5.74) is 3.52. The summed E-state index contributed by atoms with van der Waals surface area (Å²) in [6.07, 6.45) is 0.844. The average molecular weight is 331 g/mol. The lowest BCUT2D eigenvalue weighted by atomic mass is 9.82. The normalized spacial score (nSPS) is 21.6. The van der Waals surface area contributed by atoms with Crippen LogP contribution in [-0.2, 0) is 21.5 Å². The smallest absolute Gasteiger partial charge is 0.264 e. The van der Waals surface area contributed by atoms with E-state index in [9.17, 15) is 9.59 Å². The molecule has 1 atom stereocenters. The third kappa shape index (κ3) is 1.66. The Bertz CT molecular complexity index is 1050. The van der Waals surface area contributed by atoms with Crippen molar-refractivity contribution in [3.63, 3.8) is 0 Å². The van der Waals surface area contributed by atoms with Crippen molar-refractivity contribution in [2.45, 2.75) is 18.9 Å². The minimum atomic E-state index is -1.02. The molecule has 0 bridgehead atoms. The number of H-pyrrole nitrogens is 1. The van der Waals surface area contributed by atoms with Crippen molar-refractivity contribution >= 4 is 28.4 Å². The third-order valence-electron chi connectivity index (χ3n) is 5.34. The Balaban J connectivity index is 1.86. The van der Waals surface area contributed by atoms with Gasteiger partial charge in [0.05, 0.1) is 11.4 Å². The quantitative estimate of drug-likeness (QED) is 0.665.